The number of alkyl halides is 3. The lowest BCUT2D eigenvalue weighted by atomic mass is 9.94. The van der Waals surface area contributed by atoms with Crippen molar-refractivity contribution in [3.63, 3.8) is 0 Å². The Morgan fingerprint density at radius 2 is 1.40 bits per heavy atom. The first-order valence-electron chi connectivity index (χ1n) is 31.7. The highest BCUT2D eigenvalue weighted by molar-refractivity contribution is 7.22. The number of hydrogen-bond donors (Lipinski definition) is 0. The topological polar surface area (TPSA) is 158 Å². The fourth-order valence-corrected chi connectivity index (χ4v) is 13.1. The molecule has 9 aromatic rings. The molecule has 1 aliphatic heterocycles. The lowest BCUT2D eigenvalue weighted by Gasteiger charge is -2.36. The van der Waals surface area contributed by atoms with Crippen LogP contribution in [0.5, 0.6) is 40.6 Å². The van der Waals surface area contributed by atoms with Gasteiger partial charge in [-0.3, -0.25) is 4.90 Å². The number of halogens is 5. The third-order valence-electron chi connectivity index (χ3n) is 17.1. The number of ether oxygens (including phenoxy) is 8. The van der Waals surface area contributed by atoms with E-state index in [-0.39, 0.29) is 49.8 Å². The van der Waals surface area contributed by atoms with Crippen molar-refractivity contribution in [3.8, 4) is 84.5 Å². The zero-order valence-electron chi connectivity index (χ0n) is 55.5. The minimum Gasteiger partial charge on any atom is -0.543 e. The average molecular weight is 1370 g/mol. The van der Waals surface area contributed by atoms with Crippen LogP contribution < -0.4 is 32.8 Å². The van der Waals surface area contributed by atoms with E-state index in [1.54, 1.807) is 57.5 Å². The third kappa shape index (κ3) is 17.8. The maximum Gasteiger partial charge on any atom is 0.392 e. The number of thiophene rings is 1. The predicted molar refractivity (Wildman–Crippen MR) is 368 cm³/mol. The molecule has 1 unspecified atom stereocenters. The maximum atomic E-state index is 14.8. The van der Waals surface area contributed by atoms with E-state index in [0.717, 1.165) is 65.5 Å². The van der Waals surface area contributed by atoms with Gasteiger partial charge < -0.3 is 47.2 Å². The Kier molecular flexibility index (Phi) is 22.9. The average Bonchev–Trinajstić information content (AvgIpc) is 1.59. The molecule has 506 valence electrons. The number of nitrogens with zero attached hydrogens (tertiary/aromatic N) is 6. The summed E-state index contributed by atoms with van der Waals surface area (Å²) in [5.41, 5.74) is 8.52. The molecule has 10 rings (SSSR count). The summed E-state index contributed by atoms with van der Waals surface area (Å²) in [6.45, 7) is 18.0. The summed E-state index contributed by atoms with van der Waals surface area (Å²) in [7, 11) is 2.99. The molecule has 0 aliphatic carbocycles. The summed E-state index contributed by atoms with van der Waals surface area (Å²) in [6.07, 6.45) is -4.81. The molecule has 0 radical (unpaired) electrons. The van der Waals surface area contributed by atoms with Gasteiger partial charge in [0.05, 0.1) is 56.6 Å². The molecule has 23 heteroatoms. The summed E-state index contributed by atoms with van der Waals surface area (Å²) < 4.78 is 109. The van der Waals surface area contributed by atoms with Gasteiger partial charge in [-0.2, -0.15) is 18.2 Å². The van der Waals surface area contributed by atoms with Crippen LogP contribution in [-0.4, -0.2) is 136 Å². The second-order valence-corrected chi connectivity index (χ2v) is 31.0. The van der Waals surface area contributed by atoms with Crippen molar-refractivity contribution in [1.82, 2.24) is 29.7 Å². The van der Waals surface area contributed by atoms with Crippen LogP contribution in [0.3, 0.4) is 0 Å². The van der Waals surface area contributed by atoms with Crippen LogP contribution in [0.25, 0.3) is 54.0 Å². The highest BCUT2D eigenvalue weighted by atomic mass is 35.5. The number of rotatable bonds is 28. The number of aromatic nitrogens is 4. The third-order valence-corrected chi connectivity index (χ3v) is 23.1. The minimum absolute atomic E-state index is 0.0229. The molecular weight excluding hydrogens is 1290 g/mol. The predicted octanol–water partition coefficient (Wildman–Crippen LogP) is 16.3. The van der Waals surface area contributed by atoms with Gasteiger partial charge in [0, 0.05) is 61.3 Å². The van der Waals surface area contributed by atoms with Gasteiger partial charge in [-0.05, 0) is 156 Å². The summed E-state index contributed by atoms with van der Waals surface area (Å²) in [5, 5.41) is 0.631. The first-order chi connectivity index (χ1) is 46.0. The van der Waals surface area contributed by atoms with E-state index >= 15 is 0 Å². The van der Waals surface area contributed by atoms with Gasteiger partial charge in [0.15, 0.2) is 0 Å². The number of carbonyl (C=O) groups is 1. The first kappa shape index (κ1) is 70.4. The molecular formula is C73H79ClF4N6O10SSi. The summed E-state index contributed by atoms with van der Waals surface area (Å²) >= 11 is 8.90. The number of esters is 1. The summed E-state index contributed by atoms with van der Waals surface area (Å²) in [6, 6.07) is 38.9. The molecule has 4 heterocycles. The zero-order valence-corrected chi connectivity index (χ0v) is 58.1. The largest absolute Gasteiger partial charge is 0.543 e. The Morgan fingerprint density at radius 1 is 0.729 bits per heavy atom. The van der Waals surface area contributed by atoms with Crippen molar-refractivity contribution >= 4 is 47.4 Å². The van der Waals surface area contributed by atoms with E-state index in [1.807, 2.05) is 67.6 Å². The van der Waals surface area contributed by atoms with Crippen LogP contribution in [0.4, 0.5) is 17.6 Å². The molecule has 0 saturated carbocycles. The number of methoxy groups -OCH3 is 2. The lowest BCUT2D eigenvalue weighted by molar-refractivity contribution is -0.151. The van der Waals surface area contributed by atoms with Gasteiger partial charge in [-0.25, -0.2) is 24.1 Å². The second kappa shape index (κ2) is 31.2. The zero-order chi connectivity index (χ0) is 68.3. The number of fused-ring (bicyclic) bond motifs is 1. The van der Waals surface area contributed by atoms with E-state index in [4.69, 9.17) is 63.9 Å². The Bertz CT molecular complexity index is 4120. The van der Waals surface area contributed by atoms with Crippen molar-refractivity contribution in [2.45, 2.75) is 97.2 Å². The van der Waals surface area contributed by atoms with Crippen molar-refractivity contribution < 1.29 is 64.7 Å². The van der Waals surface area contributed by atoms with E-state index in [1.165, 1.54) is 36.0 Å². The van der Waals surface area contributed by atoms with Gasteiger partial charge >= 0.3 is 18.2 Å². The Morgan fingerprint density at radius 3 is 2.07 bits per heavy atom. The van der Waals surface area contributed by atoms with Crippen LogP contribution >= 0.6 is 22.9 Å². The maximum absolute atomic E-state index is 14.8. The number of benzene rings is 6. The first-order valence-corrected chi connectivity index (χ1v) is 35.8. The molecule has 2 atom stereocenters. The fraction of sp³-hybridized carbons (Fsp3) is 0.356. The number of hydrogen-bond acceptors (Lipinski definition) is 17. The van der Waals surface area contributed by atoms with Gasteiger partial charge in [-0.15, -0.1) is 11.3 Å². The van der Waals surface area contributed by atoms with Crippen LogP contribution in [0.2, 0.25) is 23.2 Å². The van der Waals surface area contributed by atoms with Crippen LogP contribution in [-0.2, 0) is 33.9 Å². The second-order valence-electron chi connectivity index (χ2n) is 24.9. The Hall–Kier alpha value is -8.38. The SMILES string of the molecule is CCOC(=O)C(Cc1cc(O[Si](C)(C)C(C)(C)C)ccc1OCc1ccnc(OCCC(F)(F)F)n1)Oc1ncnc2sc(-c3ccc(F)cc3)c(-c3ccc(O[C@@H](COCc4ccc(-c5ccc(OC)cc5)cc4-c4ccc(OC)cc4)CN4CCN(C)CC4)c(Cl)c3C)c12. The van der Waals surface area contributed by atoms with E-state index < -0.39 is 51.5 Å². The summed E-state index contributed by atoms with van der Waals surface area (Å²) in [4.78, 5) is 38.1. The molecule has 6 aromatic carbocycles. The smallest absolute Gasteiger partial charge is 0.392 e. The van der Waals surface area contributed by atoms with Gasteiger partial charge in [0.1, 0.15) is 65.0 Å². The van der Waals surface area contributed by atoms with Crippen LogP contribution in [0.1, 0.15) is 56.5 Å². The molecule has 96 heavy (non-hydrogen) atoms. The lowest BCUT2D eigenvalue weighted by Crippen LogP contribution is -2.48. The van der Waals surface area contributed by atoms with Crippen LogP contribution in [0.15, 0.2) is 140 Å². The monoisotopic (exact) mass is 1370 g/mol. The summed E-state index contributed by atoms with van der Waals surface area (Å²) in [5.74, 6) is 1.76. The van der Waals surface area contributed by atoms with E-state index in [2.05, 4.69) is 78.9 Å². The van der Waals surface area contributed by atoms with E-state index in [0.29, 0.717) is 77.4 Å². The number of likely N-dealkylation sites (N-methyl/N-ethyl adjacent to an activating group) is 1. The van der Waals surface area contributed by atoms with Crippen molar-refractivity contribution in [2.75, 3.05) is 73.8 Å². The normalized spacial score (nSPS) is 13.9. The molecule has 0 bridgehead atoms. The Labute approximate surface area is 567 Å². The molecule has 1 fully saturated rings. The van der Waals surface area contributed by atoms with Gasteiger partial charge in [0.2, 0.25) is 20.3 Å². The molecule has 0 N–H and O–H groups in total. The van der Waals surface area contributed by atoms with Crippen LogP contribution in [0, 0.1) is 12.7 Å². The molecule has 1 aliphatic rings. The standard InChI is InChI=1S/C73H79ClF4N6O10SSi/c1-11-89-70(85)63(40-52-38-57(94-96(9,10)72(3,4)5)26-28-61(52)91-43-54-30-32-79-71(82-54)90-37-31-73(76,77)78)93-68-65-64(67(95-69(65)81-45-80-68)49-14-20-53(75)21-15-49)59-27-29-62(66(74)46(59)2)92-58(41-84-35-33-83(6)34-36-84)44-88-42-51-13-12-50(47-16-22-55(86-7)23-17-47)39-60(51)48-18-24-56(87-8)25-19-48/h12-30,32,38-39,45,58,63H,11,31,33-37,40-44H2,1-10H3/t58-,63?/m1/s1. The van der Waals surface area contributed by atoms with Gasteiger partial charge in [0.25, 0.3) is 0 Å². The van der Waals surface area contributed by atoms with Crippen molar-refractivity contribution in [1.29, 1.82) is 0 Å². The van der Waals surface area contributed by atoms with E-state index in [9.17, 15) is 22.4 Å². The Balaban J connectivity index is 0.980. The highest BCUT2D eigenvalue weighted by Gasteiger charge is 2.39. The van der Waals surface area contributed by atoms with Crippen molar-refractivity contribution in [3.05, 3.63) is 173 Å². The molecule has 1 saturated heterocycles. The van der Waals surface area contributed by atoms with Crippen molar-refractivity contribution in [2.24, 2.45) is 0 Å². The number of carbonyl (C=O) groups excluding carboxylic acids is 1. The molecule has 3 aromatic heterocycles. The molecule has 0 amide bonds. The molecule has 16 nitrogen and oxygen atoms in total. The fourth-order valence-electron chi connectivity index (χ4n) is 10.8. The quantitative estimate of drug-likeness (QED) is 0.0259. The number of piperazine rings is 1. The molecule has 0 spiro atoms. The highest BCUT2D eigenvalue weighted by Crippen LogP contribution is 2.50. The van der Waals surface area contributed by atoms with Gasteiger partial charge in [-0.1, -0.05) is 87.0 Å². The minimum atomic E-state index is -4.42.